The Morgan fingerprint density at radius 3 is 2.08 bits per heavy atom. The number of nitrogens with one attached hydrogen (secondary N) is 2. The van der Waals surface area contributed by atoms with Crippen molar-refractivity contribution in [2.24, 2.45) is 0 Å². The lowest BCUT2D eigenvalue weighted by Crippen LogP contribution is -2.27. The van der Waals surface area contributed by atoms with Crippen LogP contribution in [0.3, 0.4) is 0 Å². The Bertz CT molecular complexity index is 673. The zero-order valence-corrected chi connectivity index (χ0v) is 14.9. The highest BCUT2D eigenvalue weighted by atomic mass is 16.5. The van der Waals surface area contributed by atoms with Gasteiger partial charge in [-0.05, 0) is 26.8 Å². The second kappa shape index (κ2) is 7.25. The molecule has 2 aromatic rings. The average molecular weight is 332 g/mol. The highest BCUT2D eigenvalue weighted by Crippen LogP contribution is 2.40. The maximum Gasteiger partial charge on any atom is 0.225 e. The largest absolute Gasteiger partial charge is 0.493 e. The zero-order valence-electron chi connectivity index (χ0n) is 14.9. The summed E-state index contributed by atoms with van der Waals surface area (Å²) in [5.41, 5.74) is 0.649. The van der Waals surface area contributed by atoms with E-state index in [-0.39, 0.29) is 5.54 Å². The Morgan fingerprint density at radius 2 is 1.58 bits per heavy atom. The van der Waals surface area contributed by atoms with E-state index in [1.165, 1.54) is 0 Å². The summed E-state index contributed by atoms with van der Waals surface area (Å²) in [6.45, 7) is 6.15. The number of ether oxygens (including phenoxy) is 3. The van der Waals surface area contributed by atoms with Gasteiger partial charge in [-0.1, -0.05) is 0 Å². The molecule has 0 spiro atoms. The molecule has 1 heterocycles. The monoisotopic (exact) mass is 332 g/mol. The molecule has 0 saturated heterocycles. The molecule has 0 aliphatic rings. The van der Waals surface area contributed by atoms with Gasteiger partial charge in [-0.25, -0.2) is 4.98 Å². The quantitative estimate of drug-likeness (QED) is 0.839. The van der Waals surface area contributed by atoms with Crippen LogP contribution in [-0.4, -0.2) is 36.8 Å². The summed E-state index contributed by atoms with van der Waals surface area (Å²) in [6, 6.07) is 5.43. The molecule has 0 atom stereocenters. The summed E-state index contributed by atoms with van der Waals surface area (Å²) in [5.74, 6) is 2.90. The number of hydrogen-bond donors (Lipinski definition) is 2. The Kier molecular flexibility index (Phi) is 5.33. The molecule has 130 valence electrons. The summed E-state index contributed by atoms with van der Waals surface area (Å²) in [5, 5.41) is 6.46. The van der Waals surface area contributed by atoms with Crippen molar-refractivity contribution in [1.29, 1.82) is 0 Å². The molecule has 0 fully saturated rings. The minimum Gasteiger partial charge on any atom is -0.493 e. The smallest absolute Gasteiger partial charge is 0.225 e. The number of methoxy groups -OCH3 is 3. The molecule has 0 aliphatic carbocycles. The van der Waals surface area contributed by atoms with Crippen LogP contribution in [-0.2, 0) is 0 Å². The van der Waals surface area contributed by atoms with E-state index in [4.69, 9.17) is 14.2 Å². The minimum absolute atomic E-state index is 0.120. The van der Waals surface area contributed by atoms with Crippen LogP contribution >= 0.6 is 0 Å². The first-order valence-electron chi connectivity index (χ1n) is 7.54. The van der Waals surface area contributed by atoms with E-state index in [9.17, 15) is 0 Å². The van der Waals surface area contributed by atoms with Crippen molar-refractivity contribution in [2.45, 2.75) is 26.3 Å². The van der Waals surface area contributed by atoms with Gasteiger partial charge in [-0.3, -0.25) is 0 Å². The van der Waals surface area contributed by atoms with Crippen molar-refractivity contribution in [2.75, 3.05) is 32.0 Å². The molecular weight excluding hydrogens is 308 g/mol. The van der Waals surface area contributed by atoms with Gasteiger partial charge in [0.2, 0.25) is 11.7 Å². The number of aromatic nitrogens is 2. The van der Waals surface area contributed by atoms with Crippen LogP contribution in [0.5, 0.6) is 17.2 Å². The molecule has 24 heavy (non-hydrogen) atoms. The Morgan fingerprint density at radius 1 is 0.958 bits per heavy atom. The lowest BCUT2D eigenvalue weighted by Gasteiger charge is -2.20. The second-order valence-corrected chi connectivity index (χ2v) is 6.18. The van der Waals surface area contributed by atoms with Gasteiger partial charge < -0.3 is 24.8 Å². The van der Waals surface area contributed by atoms with Crippen molar-refractivity contribution in [3.63, 3.8) is 0 Å². The first-order chi connectivity index (χ1) is 11.4. The van der Waals surface area contributed by atoms with E-state index in [0.717, 1.165) is 5.69 Å². The maximum atomic E-state index is 5.36. The van der Waals surface area contributed by atoms with Crippen LogP contribution in [0.15, 0.2) is 24.4 Å². The van der Waals surface area contributed by atoms with Crippen LogP contribution in [0.1, 0.15) is 20.8 Å². The van der Waals surface area contributed by atoms with Gasteiger partial charge in [0.15, 0.2) is 11.5 Å². The number of benzene rings is 1. The molecule has 0 unspecified atom stereocenters. The van der Waals surface area contributed by atoms with Gasteiger partial charge in [0.05, 0.1) is 21.3 Å². The predicted molar refractivity (Wildman–Crippen MR) is 94.8 cm³/mol. The lowest BCUT2D eigenvalue weighted by atomic mass is 10.1. The minimum atomic E-state index is -0.120. The Labute approximate surface area is 142 Å². The normalized spacial score (nSPS) is 10.9. The molecule has 7 nitrogen and oxygen atoms in total. The van der Waals surface area contributed by atoms with Crippen LogP contribution in [0.4, 0.5) is 17.5 Å². The van der Waals surface area contributed by atoms with E-state index in [1.807, 2.05) is 12.1 Å². The van der Waals surface area contributed by atoms with Crippen molar-refractivity contribution in [1.82, 2.24) is 9.97 Å². The second-order valence-electron chi connectivity index (χ2n) is 6.18. The molecule has 2 rings (SSSR count). The SMILES string of the molecule is COc1cc(Nc2ccnc(NC(C)(C)C)n2)cc(OC)c1OC. The molecule has 0 bridgehead atoms. The van der Waals surface area contributed by atoms with Gasteiger partial charge in [0.1, 0.15) is 5.82 Å². The maximum absolute atomic E-state index is 5.36. The van der Waals surface area contributed by atoms with E-state index >= 15 is 0 Å². The summed E-state index contributed by atoms with van der Waals surface area (Å²) in [7, 11) is 4.73. The average Bonchev–Trinajstić information content (AvgIpc) is 2.52. The molecule has 1 aromatic carbocycles. The predicted octanol–water partition coefficient (Wildman–Crippen LogP) is 3.46. The molecule has 0 saturated carbocycles. The fraction of sp³-hybridized carbons (Fsp3) is 0.412. The van der Waals surface area contributed by atoms with Crippen molar-refractivity contribution in [3.05, 3.63) is 24.4 Å². The molecule has 7 heteroatoms. The zero-order chi connectivity index (χ0) is 17.7. The van der Waals surface area contributed by atoms with Crippen LogP contribution in [0, 0.1) is 0 Å². The highest BCUT2D eigenvalue weighted by molar-refractivity contribution is 5.66. The van der Waals surface area contributed by atoms with Crippen molar-refractivity contribution in [3.8, 4) is 17.2 Å². The lowest BCUT2D eigenvalue weighted by molar-refractivity contribution is 0.324. The molecular formula is C17H24N4O3. The summed E-state index contributed by atoms with van der Waals surface area (Å²) in [6.07, 6.45) is 1.70. The third kappa shape index (κ3) is 4.41. The first kappa shape index (κ1) is 17.7. The third-order valence-corrected chi connectivity index (χ3v) is 3.08. The fourth-order valence-electron chi connectivity index (χ4n) is 2.13. The molecule has 1 aromatic heterocycles. The summed E-state index contributed by atoms with van der Waals surface area (Å²) >= 11 is 0. The molecule has 0 radical (unpaired) electrons. The van der Waals surface area contributed by atoms with Crippen LogP contribution in [0.2, 0.25) is 0 Å². The topological polar surface area (TPSA) is 77.5 Å². The highest BCUT2D eigenvalue weighted by Gasteiger charge is 2.14. The fourth-order valence-corrected chi connectivity index (χ4v) is 2.13. The summed E-state index contributed by atoms with van der Waals surface area (Å²) < 4.78 is 16.0. The van der Waals surface area contributed by atoms with Crippen LogP contribution in [0.25, 0.3) is 0 Å². The van der Waals surface area contributed by atoms with Crippen molar-refractivity contribution < 1.29 is 14.2 Å². The third-order valence-electron chi connectivity index (χ3n) is 3.08. The number of anilines is 3. The molecule has 2 N–H and O–H groups in total. The summed E-state index contributed by atoms with van der Waals surface area (Å²) in [4.78, 5) is 8.69. The van der Waals surface area contributed by atoms with E-state index < -0.39 is 0 Å². The Balaban J connectivity index is 2.29. The van der Waals surface area contributed by atoms with Crippen LogP contribution < -0.4 is 24.8 Å². The first-order valence-corrected chi connectivity index (χ1v) is 7.54. The Hall–Kier alpha value is -2.70. The standard InChI is InChI=1S/C17H24N4O3/c1-17(2,3)21-16-18-8-7-14(20-16)19-11-9-12(22-4)15(24-6)13(10-11)23-5/h7-10H,1-6H3,(H2,18,19,20,21). The number of rotatable bonds is 6. The van der Waals surface area contributed by atoms with E-state index in [0.29, 0.717) is 29.0 Å². The van der Waals surface area contributed by atoms with Gasteiger partial charge in [0.25, 0.3) is 0 Å². The van der Waals surface area contributed by atoms with Gasteiger partial charge in [-0.15, -0.1) is 0 Å². The van der Waals surface area contributed by atoms with Gasteiger partial charge >= 0.3 is 0 Å². The van der Waals surface area contributed by atoms with Crippen molar-refractivity contribution >= 4 is 17.5 Å². The molecule has 0 amide bonds. The number of nitrogens with zero attached hydrogens (tertiary/aromatic N) is 2. The molecule has 0 aliphatic heterocycles. The van der Waals surface area contributed by atoms with E-state index in [2.05, 4.69) is 41.4 Å². The van der Waals surface area contributed by atoms with E-state index in [1.54, 1.807) is 33.6 Å². The van der Waals surface area contributed by atoms with Gasteiger partial charge in [-0.2, -0.15) is 4.98 Å². The van der Waals surface area contributed by atoms with Gasteiger partial charge in [0, 0.05) is 29.6 Å². The number of hydrogen-bond acceptors (Lipinski definition) is 7.